The second kappa shape index (κ2) is 3.92. The highest BCUT2D eigenvalue weighted by Gasteiger charge is 2.18. The minimum atomic E-state index is 0.746. The lowest BCUT2D eigenvalue weighted by Crippen LogP contribution is -2.15. The van der Waals surface area contributed by atoms with E-state index < -0.39 is 0 Å². The first kappa shape index (κ1) is 8.75. The highest BCUT2D eigenvalue weighted by Crippen LogP contribution is 2.31. The van der Waals surface area contributed by atoms with Gasteiger partial charge in [0.15, 0.2) is 0 Å². The van der Waals surface area contributed by atoms with Crippen molar-refractivity contribution in [3.63, 3.8) is 0 Å². The van der Waals surface area contributed by atoms with Crippen LogP contribution in [0.15, 0.2) is 12.5 Å². The fourth-order valence-electron chi connectivity index (χ4n) is 1.65. The maximum atomic E-state index is 4.38. The molecule has 0 amide bonds. The number of nitrogens with zero attached hydrogens (tertiary/aromatic N) is 2. The van der Waals surface area contributed by atoms with Crippen LogP contribution in [0, 0.1) is 0 Å². The largest absolute Gasteiger partial charge is 0.334 e. The summed E-state index contributed by atoms with van der Waals surface area (Å²) in [6.07, 6.45) is 9.27. The molecule has 1 heterocycles. The van der Waals surface area contributed by atoms with Gasteiger partial charge in [0.05, 0.1) is 12.0 Å². The van der Waals surface area contributed by atoms with Gasteiger partial charge in [-0.3, -0.25) is 0 Å². The zero-order valence-corrected chi connectivity index (χ0v) is 8.16. The van der Waals surface area contributed by atoms with E-state index in [1.807, 2.05) is 13.4 Å². The molecule has 0 spiro atoms. The summed E-state index contributed by atoms with van der Waals surface area (Å²) < 4.78 is 2.27. The second-order valence-corrected chi connectivity index (χ2v) is 3.75. The van der Waals surface area contributed by atoms with Crippen molar-refractivity contribution in [3.05, 3.63) is 18.2 Å². The lowest BCUT2D eigenvalue weighted by Gasteiger charge is -2.26. The number of aromatic nitrogens is 2. The molecule has 0 atom stereocenters. The normalized spacial score (nSPS) is 17.3. The molecule has 0 aliphatic heterocycles. The van der Waals surface area contributed by atoms with E-state index in [1.54, 1.807) is 0 Å². The molecule has 3 nitrogen and oxygen atoms in total. The molecule has 2 rings (SSSR count). The number of nitrogens with one attached hydrogen (secondary N) is 1. The van der Waals surface area contributed by atoms with Crippen LogP contribution in [-0.2, 0) is 6.42 Å². The van der Waals surface area contributed by atoms with E-state index >= 15 is 0 Å². The van der Waals surface area contributed by atoms with Gasteiger partial charge in [0.25, 0.3) is 0 Å². The van der Waals surface area contributed by atoms with Crippen molar-refractivity contribution in [2.45, 2.75) is 31.7 Å². The van der Waals surface area contributed by atoms with Crippen LogP contribution in [-0.4, -0.2) is 23.1 Å². The summed E-state index contributed by atoms with van der Waals surface area (Å²) >= 11 is 0. The van der Waals surface area contributed by atoms with E-state index in [0.717, 1.165) is 19.0 Å². The van der Waals surface area contributed by atoms with E-state index in [2.05, 4.69) is 21.1 Å². The zero-order valence-electron chi connectivity index (χ0n) is 8.16. The highest BCUT2D eigenvalue weighted by atomic mass is 15.1. The van der Waals surface area contributed by atoms with Gasteiger partial charge in [-0.05, 0) is 26.3 Å². The van der Waals surface area contributed by atoms with Gasteiger partial charge >= 0.3 is 0 Å². The first-order chi connectivity index (χ1) is 6.40. The molecule has 13 heavy (non-hydrogen) atoms. The molecule has 1 aromatic rings. The summed E-state index contributed by atoms with van der Waals surface area (Å²) in [4.78, 5) is 4.38. The Hall–Kier alpha value is -0.830. The minimum absolute atomic E-state index is 0.746. The van der Waals surface area contributed by atoms with Crippen LogP contribution < -0.4 is 5.32 Å². The minimum Gasteiger partial charge on any atom is -0.334 e. The topological polar surface area (TPSA) is 29.9 Å². The van der Waals surface area contributed by atoms with Crippen LogP contribution in [0.25, 0.3) is 0 Å². The van der Waals surface area contributed by atoms with Crippen LogP contribution in [0.4, 0.5) is 0 Å². The molecule has 0 saturated heterocycles. The number of hydrogen-bond acceptors (Lipinski definition) is 2. The third-order valence-corrected chi connectivity index (χ3v) is 2.78. The Morgan fingerprint density at radius 1 is 1.62 bits per heavy atom. The predicted octanol–water partition coefficient (Wildman–Crippen LogP) is 1.37. The van der Waals surface area contributed by atoms with Crippen LogP contribution in [0.3, 0.4) is 0 Å². The lowest BCUT2D eigenvalue weighted by molar-refractivity contribution is 0.313. The SMILES string of the molecule is CNCCc1cn(C2CCC2)cn1. The third kappa shape index (κ3) is 1.91. The van der Waals surface area contributed by atoms with Gasteiger partial charge in [-0.1, -0.05) is 0 Å². The van der Waals surface area contributed by atoms with Crippen LogP contribution in [0.5, 0.6) is 0 Å². The van der Waals surface area contributed by atoms with Crippen molar-refractivity contribution in [2.24, 2.45) is 0 Å². The van der Waals surface area contributed by atoms with Gasteiger partial charge in [-0.25, -0.2) is 4.98 Å². The van der Waals surface area contributed by atoms with E-state index in [0.29, 0.717) is 0 Å². The smallest absolute Gasteiger partial charge is 0.0951 e. The van der Waals surface area contributed by atoms with E-state index in [4.69, 9.17) is 0 Å². The monoisotopic (exact) mass is 179 g/mol. The highest BCUT2D eigenvalue weighted by molar-refractivity contribution is 4.99. The zero-order chi connectivity index (χ0) is 9.10. The van der Waals surface area contributed by atoms with Gasteiger partial charge in [0, 0.05) is 25.2 Å². The molecule has 72 valence electrons. The lowest BCUT2D eigenvalue weighted by atomic mass is 9.93. The molecular formula is C10H17N3. The van der Waals surface area contributed by atoms with Crippen molar-refractivity contribution >= 4 is 0 Å². The molecule has 3 heteroatoms. The van der Waals surface area contributed by atoms with E-state index in [-0.39, 0.29) is 0 Å². The van der Waals surface area contributed by atoms with Crippen molar-refractivity contribution in [1.29, 1.82) is 0 Å². The average molecular weight is 179 g/mol. The number of hydrogen-bond donors (Lipinski definition) is 1. The molecule has 1 aromatic heterocycles. The van der Waals surface area contributed by atoms with Crippen LogP contribution in [0.2, 0.25) is 0 Å². The quantitative estimate of drug-likeness (QED) is 0.756. The molecule has 0 radical (unpaired) electrons. The standard InChI is InChI=1S/C10H17N3/c1-11-6-5-9-7-13(8-12-9)10-3-2-4-10/h7-8,10-11H,2-6H2,1H3. The van der Waals surface area contributed by atoms with Crippen molar-refractivity contribution in [1.82, 2.24) is 14.9 Å². The Morgan fingerprint density at radius 2 is 2.46 bits per heavy atom. The number of imidazole rings is 1. The summed E-state index contributed by atoms with van der Waals surface area (Å²) in [6, 6.07) is 0.746. The first-order valence-electron chi connectivity index (χ1n) is 5.07. The molecule has 1 N–H and O–H groups in total. The number of likely N-dealkylation sites (N-methyl/N-ethyl adjacent to an activating group) is 1. The van der Waals surface area contributed by atoms with Gasteiger partial charge in [-0.2, -0.15) is 0 Å². The fraction of sp³-hybridized carbons (Fsp3) is 0.700. The average Bonchev–Trinajstić information content (AvgIpc) is 2.46. The van der Waals surface area contributed by atoms with Crippen molar-refractivity contribution < 1.29 is 0 Å². The van der Waals surface area contributed by atoms with Gasteiger partial charge in [0.2, 0.25) is 0 Å². The molecule has 1 aliphatic rings. The molecule has 1 fully saturated rings. The van der Waals surface area contributed by atoms with Gasteiger partial charge in [-0.15, -0.1) is 0 Å². The Morgan fingerprint density at radius 3 is 3.08 bits per heavy atom. The van der Waals surface area contributed by atoms with Crippen molar-refractivity contribution in [3.8, 4) is 0 Å². The maximum Gasteiger partial charge on any atom is 0.0951 e. The second-order valence-electron chi connectivity index (χ2n) is 3.75. The Labute approximate surface area is 79.2 Å². The van der Waals surface area contributed by atoms with Crippen molar-refractivity contribution in [2.75, 3.05) is 13.6 Å². The summed E-state index contributed by atoms with van der Waals surface area (Å²) in [5.41, 5.74) is 1.21. The van der Waals surface area contributed by atoms with E-state index in [1.165, 1.54) is 25.0 Å². The summed E-state index contributed by atoms with van der Waals surface area (Å²) in [7, 11) is 1.98. The Bertz CT molecular complexity index is 263. The van der Waals surface area contributed by atoms with Crippen LogP contribution in [0.1, 0.15) is 31.0 Å². The Balaban J connectivity index is 1.92. The summed E-state index contributed by atoms with van der Waals surface area (Å²) in [6.45, 7) is 1.02. The van der Waals surface area contributed by atoms with E-state index in [9.17, 15) is 0 Å². The summed E-state index contributed by atoms with van der Waals surface area (Å²) in [5.74, 6) is 0. The third-order valence-electron chi connectivity index (χ3n) is 2.78. The maximum absolute atomic E-state index is 4.38. The molecule has 1 saturated carbocycles. The molecule has 0 bridgehead atoms. The molecule has 0 aromatic carbocycles. The summed E-state index contributed by atoms with van der Waals surface area (Å²) in [5, 5.41) is 3.13. The fourth-order valence-corrected chi connectivity index (χ4v) is 1.65. The predicted molar refractivity (Wildman–Crippen MR) is 52.7 cm³/mol. The van der Waals surface area contributed by atoms with Crippen LogP contribution >= 0.6 is 0 Å². The van der Waals surface area contributed by atoms with Gasteiger partial charge < -0.3 is 9.88 Å². The molecule has 0 unspecified atom stereocenters. The first-order valence-corrected chi connectivity index (χ1v) is 5.07. The van der Waals surface area contributed by atoms with Gasteiger partial charge in [0.1, 0.15) is 0 Å². The number of rotatable bonds is 4. The molecular weight excluding hydrogens is 162 g/mol. The Kier molecular flexibility index (Phi) is 2.64. The molecule has 1 aliphatic carbocycles.